The third-order valence-corrected chi connectivity index (χ3v) is 2.57. The van der Waals surface area contributed by atoms with Crippen molar-refractivity contribution in [3.05, 3.63) is 29.3 Å². The Hall–Kier alpha value is -1.55. The summed E-state index contributed by atoms with van der Waals surface area (Å²) in [4.78, 5) is 11.2. The number of rotatable bonds is 5. The maximum absolute atomic E-state index is 11.2. The normalized spacial score (nSPS) is 12.0. The van der Waals surface area contributed by atoms with E-state index in [9.17, 15) is 9.90 Å². The van der Waals surface area contributed by atoms with Crippen LogP contribution in [-0.2, 0) is 16.0 Å². The van der Waals surface area contributed by atoms with Crippen molar-refractivity contribution < 1.29 is 19.4 Å². The van der Waals surface area contributed by atoms with Gasteiger partial charge in [0, 0.05) is 0 Å². The molecule has 1 aromatic rings. The molecule has 0 aromatic heterocycles. The average Bonchev–Trinajstić information content (AvgIpc) is 2.37. The Morgan fingerprint density at radius 2 is 2.12 bits per heavy atom. The van der Waals surface area contributed by atoms with Gasteiger partial charge in [0.05, 0.1) is 14.2 Å². The largest absolute Gasteiger partial charge is 0.496 e. The Morgan fingerprint density at radius 3 is 2.65 bits per heavy atom. The Morgan fingerprint density at radius 1 is 1.41 bits per heavy atom. The summed E-state index contributed by atoms with van der Waals surface area (Å²) in [5.41, 5.74) is 1.55. The van der Waals surface area contributed by atoms with Gasteiger partial charge < -0.3 is 14.6 Å². The maximum Gasteiger partial charge on any atom is 0.339 e. The second kappa shape index (κ2) is 6.25. The number of hydrogen-bond acceptors (Lipinski definition) is 4. The lowest BCUT2D eigenvalue weighted by Crippen LogP contribution is -2.13. The van der Waals surface area contributed by atoms with Crippen LogP contribution in [0.2, 0.25) is 0 Å². The molecule has 0 saturated heterocycles. The molecule has 0 fully saturated rings. The molecule has 1 unspecified atom stereocenters. The standard InChI is InChI=1S/C13H18O4/c1-4-5-9-6-7-10(8-11(9)16-2)12(14)13(15)17-3/h6-8,12,14H,4-5H2,1-3H3. The van der Waals surface area contributed by atoms with E-state index in [0.717, 1.165) is 18.4 Å². The Bertz CT molecular complexity index is 387. The van der Waals surface area contributed by atoms with Crippen molar-refractivity contribution in [3.63, 3.8) is 0 Å². The van der Waals surface area contributed by atoms with Gasteiger partial charge in [-0.05, 0) is 23.6 Å². The molecule has 1 aromatic carbocycles. The van der Waals surface area contributed by atoms with Crippen LogP contribution in [0.3, 0.4) is 0 Å². The predicted molar refractivity (Wildman–Crippen MR) is 64.0 cm³/mol. The van der Waals surface area contributed by atoms with E-state index >= 15 is 0 Å². The highest BCUT2D eigenvalue weighted by Crippen LogP contribution is 2.25. The van der Waals surface area contributed by atoms with Crippen molar-refractivity contribution in [1.82, 2.24) is 0 Å². The van der Waals surface area contributed by atoms with Gasteiger partial charge in [-0.2, -0.15) is 0 Å². The highest BCUT2D eigenvalue weighted by molar-refractivity contribution is 5.76. The fourth-order valence-corrected chi connectivity index (χ4v) is 1.65. The highest BCUT2D eigenvalue weighted by Gasteiger charge is 2.19. The van der Waals surface area contributed by atoms with E-state index < -0.39 is 12.1 Å². The number of ether oxygens (including phenoxy) is 2. The monoisotopic (exact) mass is 238 g/mol. The zero-order valence-electron chi connectivity index (χ0n) is 10.4. The van der Waals surface area contributed by atoms with Gasteiger partial charge in [-0.15, -0.1) is 0 Å². The maximum atomic E-state index is 11.2. The fraction of sp³-hybridized carbons (Fsp3) is 0.462. The van der Waals surface area contributed by atoms with Gasteiger partial charge >= 0.3 is 5.97 Å². The van der Waals surface area contributed by atoms with Crippen LogP contribution in [-0.4, -0.2) is 25.3 Å². The summed E-state index contributed by atoms with van der Waals surface area (Å²) < 4.78 is 9.73. The molecule has 0 spiro atoms. The number of aliphatic hydroxyl groups is 1. The first-order valence-electron chi connectivity index (χ1n) is 5.56. The lowest BCUT2D eigenvalue weighted by molar-refractivity contribution is -0.150. The lowest BCUT2D eigenvalue weighted by atomic mass is 10.0. The molecular weight excluding hydrogens is 220 g/mol. The van der Waals surface area contributed by atoms with Crippen LogP contribution in [0.25, 0.3) is 0 Å². The highest BCUT2D eigenvalue weighted by atomic mass is 16.5. The summed E-state index contributed by atoms with van der Waals surface area (Å²) >= 11 is 0. The Kier molecular flexibility index (Phi) is 4.97. The minimum absolute atomic E-state index is 0.480. The number of aliphatic hydroxyl groups excluding tert-OH is 1. The smallest absolute Gasteiger partial charge is 0.339 e. The number of hydrogen-bond donors (Lipinski definition) is 1. The molecule has 17 heavy (non-hydrogen) atoms. The van der Waals surface area contributed by atoms with E-state index in [4.69, 9.17) is 4.74 Å². The van der Waals surface area contributed by atoms with Crippen molar-refractivity contribution in [2.24, 2.45) is 0 Å². The predicted octanol–water partition coefficient (Wildman–Crippen LogP) is 1.85. The van der Waals surface area contributed by atoms with E-state index in [-0.39, 0.29) is 0 Å². The second-order valence-electron chi connectivity index (χ2n) is 3.75. The van der Waals surface area contributed by atoms with Crippen LogP contribution in [0, 0.1) is 0 Å². The number of aryl methyl sites for hydroxylation is 1. The molecule has 0 amide bonds. The fourth-order valence-electron chi connectivity index (χ4n) is 1.65. The zero-order chi connectivity index (χ0) is 12.8. The van der Waals surface area contributed by atoms with Crippen LogP contribution in [0.5, 0.6) is 5.75 Å². The first-order chi connectivity index (χ1) is 8.13. The zero-order valence-corrected chi connectivity index (χ0v) is 10.4. The molecule has 1 rings (SSSR count). The van der Waals surface area contributed by atoms with Gasteiger partial charge in [0.2, 0.25) is 0 Å². The van der Waals surface area contributed by atoms with Crippen LogP contribution in [0.1, 0.15) is 30.6 Å². The third kappa shape index (κ3) is 3.20. The average molecular weight is 238 g/mol. The number of carbonyl (C=O) groups excluding carboxylic acids is 1. The molecule has 0 heterocycles. The molecule has 4 nitrogen and oxygen atoms in total. The molecule has 0 aliphatic rings. The molecular formula is C13H18O4. The first-order valence-corrected chi connectivity index (χ1v) is 5.56. The van der Waals surface area contributed by atoms with Crippen molar-refractivity contribution in [2.75, 3.05) is 14.2 Å². The number of methoxy groups -OCH3 is 2. The summed E-state index contributed by atoms with van der Waals surface area (Å²) in [6.07, 6.45) is 0.650. The SMILES string of the molecule is CCCc1ccc(C(O)C(=O)OC)cc1OC. The number of esters is 1. The summed E-state index contributed by atoms with van der Waals surface area (Å²) in [5, 5.41) is 9.70. The van der Waals surface area contributed by atoms with Crippen molar-refractivity contribution in [2.45, 2.75) is 25.9 Å². The van der Waals surface area contributed by atoms with Gasteiger partial charge in [0.25, 0.3) is 0 Å². The van der Waals surface area contributed by atoms with E-state index in [1.807, 2.05) is 6.07 Å². The van der Waals surface area contributed by atoms with E-state index in [0.29, 0.717) is 11.3 Å². The quantitative estimate of drug-likeness (QED) is 0.795. The van der Waals surface area contributed by atoms with Crippen molar-refractivity contribution in [3.8, 4) is 5.75 Å². The van der Waals surface area contributed by atoms with Crippen LogP contribution in [0.15, 0.2) is 18.2 Å². The number of benzene rings is 1. The van der Waals surface area contributed by atoms with Crippen molar-refractivity contribution >= 4 is 5.97 Å². The van der Waals surface area contributed by atoms with E-state index in [1.165, 1.54) is 7.11 Å². The summed E-state index contributed by atoms with van der Waals surface area (Å²) in [5.74, 6) is 0.0163. The summed E-state index contributed by atoms with van der Waals surface area (Å²) in [6, 6.07) is 5.26. The number of carbonyl (C=O) groups is 1. The van der Waals surface area contributed by atoms with E-state index in [1.54, 1.807) is 19.2 Å². The molecule has 1 N–H and O–H groups in total. The molecule has 0 saturated carbocycles. The van der Waals surface area contributed by atoms with Crippen LogP contribution < -0.4 is 4.74 Å². The van der Waals surface area contributed by atoms with Gasteiger partial charge in [-0.1, -0.05) is 25.5 Å². The third-order valence-electron chi connectivity index (χ3n) is 2.57. The minimum atomic E-state index is -1.26. The molecule has 0 bridgehead atoms. The van der Waals surface area contributed by atoms with Gasteiger partial charge in [0.15, 0.2) is 6.10 Å². The second-order valence-corrected chi connectivity index (χ2v) is 3.75. The summed E-state index contributed by atoms with van der Waals surface area (Å²) in [7, 11) is 2.82. The topological polar surface area (TPSA) is 55.8 Å². The molecule has 1 atom stereocenters. The summed E-state index contributed by atoms with van der Waals surface area (Å²) in [6.45, 7) is 2.08. The molecule has 4 heteroatoms. The van der Waals surface area contributed by atoms with Crippen LogP contribution in [0.4, 0.5) is 0 Å². The Labute approximate surface area is 101 Å². The van der Waals surface area contributed by atoms with Gasteiger partial charge in [-0.3, -0.25) is 0 Å². The Balaban J connectivity index is 3.00. The molecule has 0 radical (unpaired) electrons. The lowest BCUT2D eigenvalue weighted by Gasteiger charge is -2.13. The van der Waals surface area contributed by atoms with E-state index in [2.05, 4.69) is 11.7 Å². The van der Waals surface area contributed by atoms with Crippen molar-refractivity contribution in [1.29, 1.82) is 0 Å². The molecule has 0 aliphatic heterocycles. The van der Waals surface area contributed by atoms with Gasteiger partial charge in [-0.25, -0.2) is 4.79 Å². The van der Waals surface area contributed by atoms with Gasteiger partial charge in [0.1, 0.15) is 5.75 Å². The first kappa shape index (κ1) is 13.5. The molecule has 94 valence electrons. The minimum Gasteiger partial charge on any atom is -0.496 e. The van der Waals surface area contributed by atoms with Crippen LogP contribution >= 0.6 is 0 Å². The molecule has 0 aliphatic carbocycles.